The molecule has 5 rings (SSSR count). The topological polar surface area (TPSA) is 60.4 Å². The monoisotopic (exact) mass is 333 g/mol. The van der Waals surface area contributed by atoms with Crippen LogP contribution in [0.15, 0.2) is 18.2 Å². The molecule has 0 unspecified atom stereocenters. The second-order valence-electron chi connectivity index (χ2n) is 7.72. The quantitative estimate of drug-likeness (QED) is 0.852. The zero-order valence-corrected chi connectivity index (χ0v) is 14.0. The van der Waals surface area contributed by atoms with Crippen LogP contribution in [0.2, 0.25) is 0 Å². The fourth-order valence-electron chi connectivity index (χ4n) is 4.95. The van der Waals surface area contributed by atoms with Gasteiger partial charge in [0.05, 0.1) is 12.2 Å². The number of hydrogen-bond acceptors (Lipinski definition) is 6. The number of ether oxygens (including phenoxy) is 4. The van der Waals surface area contributed by atoms with E-state index >= 15 is 0 Å². The molecule has 0 amide bonds. The van der Waals surface area contributed by atoms with Crippen LogP contribution in [-0.4, -0.2) is 47.6 Å². The molecule has 1 N–H and O–H groups in total. The van der Waals surface area contributed by atoms with Gasteiger partial charge >= 0.3 is 0 Å². The van der Waals surface area contributed by atoms with Crippen molar-refractivity contribution in [1.82, 2.24) is 5.06 Å². The van der Waals surface area contributed by atoms with Crippen molar-refractivity contribution in [3.05, 3.63) is 23.8 Å². The summed E-state index contributed by atoms with van der Waals surface area (Å²) in [7, 11) is 0. The van der Waals surface area contributed by atoms with Crippen LogP contribution in [0.5, 0.6) is 11.5 Å². The number of rotatable bonds is 1. The summed E-state index contributed by atoms with van der Waals surface area (Å²) in [5.74, 6) is 1.44. The molecule has 3 aliphatic heterocycles. The first-order valence-corrected chi connectivity index (χ1v) is 8.72. The molecule has 1 saturated carbocycles. The van der Waals surface area contributed by atoms with E-state index in [-0.39, 0.29) is 31.0 Å². The Morgan fingerprint density at radius 1 is 1.17 bits per heavy atom. The molecule has 6 nitrogen and oxygen atoms in total. The Balaban J connectivity index is 1.57. The van der Waals surface area contributed by atoms with Gasteiger partial charge in [-0.15, -0.1) is 0 Å². The highest BCUT2D eigenvalue weighted by Gasteiger charge is 2.56. The fraction of sp³-hybridized carbons (Fsp3) is 0.667. The predicted molar refractivity (Wildman–Crippen MR) is 84.1 cm³/mol. The SMILES string of the molecule is CC1(C)O[C@@H]2[C@@H](c3ccc4c(c3)OCO4)[C@H]3[C@H](CCN3O)C[C@@H]2O1. The van der Waals surface area contributed by atoms with Gasteiger partial charge < -0.3 is 24.2 Å². The second-order valence-corrected chi connectivity index (χ2v) is 7.72. The number of fused-ring (bicyclic) bond motifs is 3. The maximum atomic E-state index is 10.5. The van der Waals surface area contributed by atoms with Crippen LogP contribution in [-0.2, 0) is 9.47 Å². The lowest BCUT2D eigenvalue weighted by molar-refractivity contribution is -0.154. The highest BCUT2D eigenvalue weighted by molar-refractivity contribution is 5.46. The second kappa shape index (κ2) is 5.08. The van der Waals surface area contributed by atoms with Crippen LogP contribution >= 0.6 is 0 Å². The van der Waals surface area contributed by atoms with E-state index in [4.69, 9.17) is 18.9 Å². The lowest BCUT2D eigenvalue weighted by Gasteiger charge is -2.41. The normalized spacial score (nSPS) is 39.7. The highest BCUT2D eigenvalue weighted by atomic mass is 16.8. The lowest BCUT2D eigenvalue weighted by Crippen LogP contribution is -2.49. The molecular formula is C18H23NO5. The third kappa shape index (κ3) is 2.17. The van der Waals surface area contributed by atoms with Crippen LogP contribution in [0.25, 0.3) is 0 Å². The number of hydroxylamine groups is 2. The van der Waals surface area contributed by atoms with E-state index in [2.05, 4.69) is 6.07 Å². The first-order valence-electron chi connectivity index (χ1n) is 8.72. The molecule has 1 aliphatic carbocycles. The molecule has 2 saturated heterocycles. The first kappa shape index (κ1) is 15.0. The Bertz CT molecular complexity index is 663. The molecule has 0 bridgehead atoms. The number of hydrogen-bond donors (Lipinski definition) is 1. The standard InChI is InChI=1S/C18H23NO5/c1-18(2)23-14-8-11-5-6-19(20)16(11)15(17(14)24-18)10-3-4-12-13(7-10)22-9-21-12/h3-4,7,11,14-17,20H,5-6,8-9H2,1-2H3/t11-,14+,15+,16-,17+/m1/s1. The van der Waals surface area contributed by atoms with Crippen molar-refractivity contribution in [2.24, 2.45) is 5.92 Å². The van der Waals surface area contributed by atoms with E-state index in [0.29, 0.717) is 12.5 Å². The molecule has 130 valence electrons. The minimum Gasteiger partial charge on any atom is -0.454 e. The van der Waals surface area contributed by atoms with E-state index in [1.54, 1.807) is 0 Å². The van der Waals surface area contributed by atoms with Gasteiger partial charge in [0.25, 0.3) is 0 Å². The summed E-state index contributed by atoms with van der Waals surface area (Å²) in [5, 5.41) is 12.0. The van der Waals surface area contributed by atoms with Gasteiger partial charge in [0.2, 0.25) is 6.79 Å². The summed E-state index contributed by atoms with van der Waals surface area (Å²) in [6.07, 6.45) is 1.95. The average molecular weight is 333 g/mol. The van der Waals surface area contributed by atoms with Gasteiger partial charge in [0, 0.05) is 18.5 Å². The number of nitrogens with zero attached hydrogens (tertiary/aromatic N) is 1. The van der Waals surface area contributed by atoms with Crippen molar-refractivity contribution in [3.8, 4) is 11.5 Å². The van der Waals surface area contributed by atoms with Crippen molar-refractivity contribution in [1.29, 1.82) is 0 Å². The highest BCUT2D eigenvalue weighted by Crippen LogP contribution is 2.51. The molecule has 4 aliphatic rings. The summed E-state index contributed by atoms with van der Waals surface area (Å²) >= 11 is 0. The van der Waals surface area contributed by atoms with Crippen LogP contribution in [0.4, 0.5) is 0 Å². The van der Waals surface area contributed by atoms with Crippen molar-refractivity contribution >= 4 is 0 Å². The van der Waals surface area contributed by atoms with E-state index in [9.17, 15) is 5.21 Å². The van der Waals surface area contributed by atoms with Crippen molar-refractivity contribution in [2.75, 3.05) is 13.3 Å². The Morgan fingerprint density at radius 2 is 2.00 bits per heavy atom. The third-order valence-electron chi connectivity index (χ3n) is 5.82. The van der Waals surface area contributed by atoms with E-state index in [0.717, 1.165) is 29.9 Å². The molecule has 1 aromatic rings. The smallest absolute Gasteiger partial charge is 0.231 e. The molecular weight excluding hydrogens is 310 g/mol. The fourth-order valence-corrected chi connectivity index (χ4v) is 4.95. The Hall–Kier alpha value is -1.34. The minimum atomic E-state index is -0.581. The summed E-state index contributed by atoms with van der Waals surface area (Å²) in [5.41, 5.74) is 1.12. The summed E-state index contributed by atoms with van der Waals surface area (Å²) in [6, 6.07) is 6.11. The molecule has 24 heavy (non-hydrogen) atoms. The lowest BCUT2D eigenvalue weighted by atomic mass is 9.71. The van der Waals surface area contributed by atoms with Gasteiger partial charge in [-0.05, 0) is 50.3 Å². The van der Waals surface area contributed by atoms with Gasteiger partial charge in [-0.3, -0.25) is 0 Å². The predicted octanol–water partition coefficient (Wildman–Crippen LogP) is 2.50. The summed E-state index contributed by atoms with van der Waals surface area (Å²) in [6.45, 7) is 4.91. The molecule has 5 atom stereocenters. The van der Waals surface area contributed by atoms with Gasteiger partial charge in [-0.1, -0.05) is 6.07 Å². The Kier molecular flexibility index (Phi) is 3.17. The molecule has 0 aromatic heterocycles. The average Bonchev–Trinajstić information content (AvgIpc) is 3.21. The van der Waals surface area contributed by atoms with Crippen LogP contribution < -0.4 is 9.47 Å². The molecule has 3 heterocycles. The maximum absolute atomic E-state index is 10.5. The largest absolute Gasteiger partial charge is 0.454 e. The zero-order valence-electron chi connectivity index (χ0n) is 14.0. The summed E-state index contributed by atoms with van der Waals surface area (Å²) < 4.78 is 23.4. The molecule has 1 aromatic carbocycles. The van der Waals surface area contributed by atoms with Gasteiger partial charge in [-0.2, -0.15) is 5.06 Å². The third-order valence-corrected chi connectivity index (χ3v) is 5.82. The van der Waals surface area contributed by atoms with Crippen molar-refractivity contribution in [2.45, 2.75) is 56.6 Å². The minimum absolute atomic E-state index is 0.0533. The van der Waals surface area contributed by atoms with Crippen LogP contribution in [0.3, 0.4) is 0 Å². The molecule has 6 heteroatoms. The molecule has 3 fully saturated rings. The van der Waals surface area contributed by atoms with Gasteiger partial charge in [0.15, 0.2) is 17.3 Å². The zero-order chi connectivity index (χ0) is 16.5. The molecule has 0 radical (unpaired) electrons. The van der Waals surface area contributed by atoms with E-state index in [1.165, 1.54) is 5.06 Å². The maximum Gasteiger partial charge on any atom is 0.231 e. The van der Waals surface area contributed by atoms with E-state index in [1.807, 2.05) is 26.0 Å². The molecule has 0 spiro atoms. The Labute approximate surface area is 141 Å². The van der Waals surface area contributed by atoms with Gasteiger partial charge in [-0.25, -0.2) is 0 Å². The van der Waals surface area contributed by atoms with Crippen molar-refractivity contribution in [3.63, 3.8) is 0 Å². The van der Waals surface area contributed by atoms with Gasteiger partial charge in [0.1, 0.15) is 0 Å². The Morgan fingerprint density at radius 3 is 2.88 bits per heavy atom. The van der Waals surface area contributed by atoms with Crippen LogP contribution in [0, 0.1) is 5.92 Å². The first-order chi connectivity index (χ1) is 11.5. The van der Waals surface area contributed by atoms with Crippen LogP contribution in [0.1, 0.15) is 38.2 Å². The number of benzene rings is 1. The van der Waals surface area contributed by atoms with Crippen molar-refractivity contribution < 1.29 is 24.2 Å². The summed E-state index contributed by atoms with van der Waals surface area (Å²) in [4.78, 5) is 0. The van der Waals surface area contributed by atoms with E-state index < -0.39 is 5.79 Å².